The molecule has 148 valence electrons. The second kappa shape index (κ2) is 9.51. The second-order valence-electron chi connectivity index (χ2n) is 7.17. The lowest BCUT2D eigenvalue weighted by atomic mass is 9.95. The van der Waals surface area contributed by atoms with E-state index in [1.54, 1.807) is 25.3 Å². The number of nitriles is 1. The number of hydrogen-bond donors (Lipinski definition) is 3. The Labute approximate surface area is 165 Å². The van der Waals surface area contributed by atoms with Gasteiger partial charge in [-0.25, -0.2) is 4.79 Å². The van der Waals surface area contributed by atoms with Crippen molar-refractivity contribution in [3.05, 3.63) is 53.6 Å². The number of nitrogen functional groups attached to an aromatic ring is 1. The van der Waals surface area contributed by atoms with Gasteiger partial charge < -0.3 is 25.8 Å². The van der Waals surface area contributed by atoms with E-state index in [1.165, 1.54) is 0 Å². The number of nitrogens with zero attached hydrogens (tertiary/aromatic N) is 1. The van der Waals surface area contributed by atoms with Gasteiger partial charge in [0.1, 0.15) is 23.1 Å². The van der Waals surface area contributed by atoms with Crippen molar-refractivity contribution in [2.45, 2.75) is 20.4 Å². The third-order valence-corrected chi connectivity index (χ3v) is 4.13. The Kier molecular flexibility index (Phi) is 7.10. The van der Waals surface area contributed by atoms with Crippen LogP contribution in [-0.2, 0) is 6.54 Å². The van der Waals surface area contributed by atoms with Crippen LogP contribution in [0.25, 0.3) is 0 Å². The van der Waals surface area contributed by atoms with Crippen molar-refractivity contribution in [2.24, 2.45) is 5.41 Å². The SMILES string of the molecule is COc1ccc(CNC(=O)NCC(C)(C)COc2cccc(N)c2C#N)cc1. The van der Waals surface area contributed by atoms with Crippen molar-refractivity contribution in [3.63, 3.8) is 0 Å². The van der Waals surface area contributed by atoms with Crippen LogP contribution in [-0.4, -0.2) is 26.3 Å². The van der Waals surface area contributed by atoms with E-state index < -0.39 is 0 Å². The molecule has 0 unspecified atom stereocenters. The lowest BCUT2D eigenvalue weighted by Crippen LogP contribution is -2.42. The molecule has 0 fully saturated rings. The van der Waals surface area contributed by atoms with E-state index in [1.807, 2.05) is 38.1 Å². The Hall–Kier alpha value is -3.40. The van der Waals surface area contributed by atoms with E-state index in [2.05, 4.69) is 16.7 Å². The second-order valence-corrected chi connectivity index (χ2v) is 7.17. The maximum Gasteiger partial charge on any atom is 0.315 e. The van der Waals surface area contributed by atoms with E-state index in [0.717, 1.165) is 11.3 Å². The molecule has 2 rings (SSSR count). The number of rotatable bonds is 8. The number of methoxy groups -OCH3 is 1. The summed E-state index contributed by atoms with van der Waals surface area (Å²) < 4.78 is 10.9. The Balaban J connectivity index is 1.79. The molecule has 28 heavy (non-hydrogen) atoms. The largest absolute Gasteiger partial charge is 0.497 e. The smallest absolute Gasteiger partial charge is 0.315 e. The molecule has 0 saturated heterocycles. The van der Waals surface area contributed by atoms with Gasteiger partial charge in [-0.1, -0.05) is 32.0 Å². The molecule has 7 nitrogen and oxygen atoms in total. The Morgan fingerprint density at radius 2 is 1.89 bits per heavy atom. The molecule has 4 N–H and O–H groups in total. The zero-order valence-electron chi connectivity index (χ0n) is 16.4. The predicted octanol–water partition coefficient (Wildman–Crippen LogP) is 3.05. The average Bonchev–Trinajstić information content (AvgIpc) is 2.69. The summed E-state index contributed by atoms with van der Waals surface area (Å²) in [6.45, 7) is 5.08. The Bertz CT molecular complexity index is 842. The maximum absolute atomic E-state index is 12.1. The zero-order chi connectivity index (χ0) is 20.6. The highest BCUT2D eigenvalue weighted by atomic mass is 16.5. The van der Waals surface area contributed by atoms with Crippen LogP contribution in [0.15, 0.2) is 42.5 Å². The molecular weight excluding hydrogens is 356 g/mol. The summed E-state index contributed by atoms with van der Waals surface area (Å²) in [5.41, 5.74) is 7.14. The molecule has 0 radical (unpaired) electrons. The maximum atomic E-state index is 12.1. The van der Waals surface area contributed by atoms with Crippen LogP contribution in [0.1, 0.15) is 25.0 Å². The highest BCUT2D eigenvalue weighted by molar-refractivity contribution is 5.73. The van der Waals surface area contributed by atoms with Gasteiger partial charge in [0.15, 0.2) is 0 Å². The minimum absolute atomic E-state index is 0.259. The third-order valence-electron chi connectivity index (χ3n) is 4.13. The average molecular weight is 382 g/mol. The summed E-state index contributed by atoms with van der Waals surface area (Å²) >= 11 is 0. The van der Waals surface area contributed by atoms with Gasteiger partial charge in [0.05, 0.1) is 19.4 Å². The molecule has 7 heteroatoms. The van der Waals surface area contributed by atoms with Gasteiger partial charge in [-0.3, -0.25) is 0 Å². The lowest BCUT2D eigenvalue weighted by molar-refractivity contribution is 0.174. The number of nitrogens with two attached hydrogens (primary N) is 1. The van der Waals surface area contributed by atoms with E-state index >= 15 is 0 Å². The number of carbonyl (C=O) groups excluding carboxylic acids is 1. The van der Waals surface area contributed by atoms with E-state index in [4.69, 9.17) is 15.2 Å². The van der Waals surface area contributed by atoms with Gasteiger partial charge in [-0.15, -0.1) is 0 Å². The molecular formula is C21H26N4O3. The summed E-state index contributed by atoms with van der Waals surface area (Å²) in [5, 5.41) is 14.9. The molecule has 0 aromatic heterocycles. The van der Waals surface area contributed by atoms with E-state index in [9.17, 15) is 10.1 Å². The molecule has 0 bridgehead atoms. The standard InChI is InChI=1S/C21H26N4O3/c1-21(2,14-28-19-6-4-5-18(23)17(19)11-22)13-25-20(26)24-12-15-7-9-16(27-3)10-8-15/h4-10H,12-14,23H2,1-3H3,(H2,24,25,26). The number of urea groups is 1. The number of amides is 2. The van der Waals surface area contributed by atoms with Crippen molar-refractivity contribution >= 4 is 11.7 Å². The highest BCUT2D eigenvalue weighted by Gasteiger charge is 2.21. The monoisotopic (exact) mass is 382 g/mol. The number of carbonyl (C=O) groups is 1. The Morgan fingerprint density at radius 1 is 1.18 bits per heavy atom. The summed E-state index contributed by atoms with van der Waals surface area (Å²) in [4.78, 5) is 12.1. The molecule has 2 amide bonds. The highest BCUT2D eigenvalue weighted by Crippen LogP contribution is 2.25. The van der Waals surface area contributed by atoms with Crippen molar-refractivity contribution in [2.75, 3.05) is 26.0 Å². The third kappa shape index (κ3) is 6.09. The van der Waals surface area contributed by atoms with Crippen molar-refractivity contribution in [1.82, 2.24) is 10.6 Å². The zero-order valence-corrected chi connectivity index (χ0v) is 16.4. The molecule has 2 aromatic carbocycles. The molecule has 0 aliphatic carbocycles. The summed E-state index contributed by atoms with van der Waals surface area (Å²) in [6.07, 6.45) is 0. The van der Waals surface area contributed by atoms with E-state index in [0.29, 0.717) is 36.7 Å². The summed E-state index contributed by atoms with van der Waals surface area (Å²) in [6, 6.07) is 14.4. The summed E-state index contributed by atoms with van der Waals surface area (Å²) in [7, 11) is 1.61. The first kappa shape index (κ1) is 20.9. The van der Waals surface area contributed by atoms with Gasteiger partial charge in [0.2, 0.25) is 0 Å². The van der Waals surface area contributed by atoms with E-state index in [-0.39, 0.29) is 11.4 Å². The van der Waals surface area contributed by atoms with Crippen molar-refractivity contribution in [3.8, 4) is 17.6 Å². The number of hydrogen-bond acceptors (Lipinski definition) is 5. The van der Waals surface area contributed by atoms with Crippen LogP contribution in [0.2, 0.25) is 0 Å². The molecule has 0 spiro atoms. The number of anilines is 1. The molecule has 0 saturated carbocycles. The van der Waals surface area contributed by atoms with Crippen molar-refractivity contribution < 1.29 is 14.3 Å². The predicted molar refractivity (Wildman–Crippen MR) is 108 cm³/mol. The summed E-state index contributed by atoms with van der Waals surface area (Å²) in [5.74, 6) is 1.22. The minimum Gasteiger partial charge on any atom is -0.497 e. The first-order valence-corrected chi connectivity index (χ1v) is 8.90. The fourth-order valence-electron chi connectivity index (χ4n) is 2.42. The number of benzene rings is 2. The quantitative estimate of drug-likeness (QED) is 0.608. The normalized spacial score (nSPS) is 10.6. The lowest BCUT2D eigenvalue weighted by Gasteiger charge is -2.25. The van der Waals surface area contributed by atoms with Crippen LogP contribution >= 0.6 is 0 Å². The van der Waals surface area contributed by atoms with Crippen LogP contribution in [0.4, 0.5) is 10.5 Å². The topological polar surface area (TPSA) is 109 Å². The molecule has 0 aliphatic rings. The van der Waals surface area contributed by atoms with Crippen LogP contribution in [0, 0.1) is 16.7 Å². The first-order chi connectivity index (χ1) is 13.3. The Morgan fingerprint density at radius 3 is 2.54 bits per heavy atom. The van der Waals surface area contributed by atoms with Crippen LogP contribution in [0.5, 0.6) is 11.5 Å². The number of ether oxygens (including phenoxy) is 2. The van der Waals surface area contributed by atoms with Crippen LogP contribution in [0.3, 0.4) is 0 Å². The molecule has 0 heterocycles. The first-order valence-electron chi connectivity index (χ1n) is 8.90. The fraction of sp³-hybridized carbons (Fsp3) is 0.333. The molecule has 0 atom stereocenters. The van der Waals surface area contributed by atoms with Gasteiger partial charge in [0, 0.05) is 18.5 Å². The fourth-order valence-corrected chi connectivity index (χ4v) is 2.42. The molecule has 0 aliphatic heterocycles. The van der Waals surface area contributed by atoms with Gasteiger partial charge in [-0.2, -0.15) is 5.26 Å². The van der Waals surface area contributed by atoms with Gasteiger partial charge in [0.25, 0.3) is 0 Å². The molecule has 2 aromatic rings. The van der Waals surface area contributed by atoms with Crippen LogP contribution < -0.4 is 25.8 Å². The van der Waals surface area contributed by atoms with Crippen molar-refractivity contribution in [1.29, 1.82) is 5.26 Å². The van der Waals surface area contributed by atoms with Gasteiger partial charge in [-0.05, 0) is 29.8 Å². The van der Waals surface area contributed by atoms with Gasteiger partial charge >= 0.3 is 6.03 Å². The minimum atomic E-state index is -0.339. The number of nitrogens with one attached hydrogen (secondary N) is 2.